The topological polar surface area (TPSA) is 43.3 Å². The van der Waals surface area contributed by atoms with Gasteiger partial charge in [-0.25, -0.2) is 4.39 Å². The summed E-state index contributed by atoms with van der Waals surface area (Å²) in [6.07, 6.45) is 0. The van der Waals surface area contributed by atoms with Gasteiger partial charge in [0.2, 0.25) is 0 Å². The van der Waals surface area contributed by atoms with Gasteiger partial charge in [0.25, 0.3) is 5.91 Å². The Hall–Kier alpha value is -3.60. The van der Waals surface area contributed by atoms with Crippen LogP contribution in [-0.4, -0.2) is 17.1 Å². The summed E-state index contributed by atoms with van der Waals surface area (Å²) in [4.78, 5) is 13.3. The molecule has 3 aromatic carbocycles. The van der Waals surface area contributed by atoms with E-state index in [1.807, 2.05) is 79.1 Å². The second-order valence-electron chi connectivity index (χ2n) is 7.47. The van der Waals surface area contributed by atoms with Gasteiger partial charge in [-0.15, -0.1) is 0 Å². The molecule has 1 N–H and O–H groups in total. The van der Waals surface area contributed by atoms with Crippen LogP contribution < -0.4 is 10.1 Å². The van der Waals surface area contributed by atoms with E-state index in [1.165, 1.54) is 12.1 Å². The minimum atomic E-state index is -0.298. The van der Waals surface area contributed by atoms with Crippen LogP contribution >= 0.6 is 0 Å². The maximum atomic E-state index is 13.8. The number of halogens is 1. The highest BCUT2D eigenvalue weighted by Gasteiger charge is 2.20. The van der Waals surface area contributed by atoms with Crippen molar-refractivity contribution in [2.75, 3.05) is 6.61 Å². The number of benzene rings is 3. The van der Waals surface area contributed by atoms with Crippen molar-refractivity contribution >= 4 is 16.8 Å². The molecule has 1 atom stereocenters. The largest absolute Gasteiger partial charge is 0.493 e. The van der Waals surface area contributed by atoms with E-state index in [0.717, 1.165) is 27.8 Å². The van der Waals surface area contributed by atoms with E-state index in [-0.39, 0.29) is 17.8 Å². The Labute approximate surface area is 181 Å². The summed E-state index contributed by atoms with van der Waals surface area (Å²) in [7, 11) is 0. The van der Waals surface area contributed by atoms with Gasteiger partial charge in [0, 0.05) is 11.9 Å². The number of fused-ring (bicyclic) bond motifs is 1. The second kappa shape index (κ2) is 9.04. The third-order valence-corrected chi connectivity index (χ3v) is 5.32. The monoisotopic (exact) mass is 416 g/mol. The first-order chi connectivity index (χ1) is 15.1. The molecule has 158 valence electrons. The maximum Gasteiger partial charge on any atom is 0.268 e. The molecule has 0 spiro atoms. The summed E-state index contributed by atoms with van der Waals surface area (Å²) in [6.45, 7) is 4.79. The van der Waals surface area contributed by atoms with Gasteiger partial charge >= 0.3 is 0 Å². The van der Waals surface area contributed by atoms with Gasteiger partial charge in [-0.1, -0.05) is 48.5 Å². The maximum absolute atomic E-state index is 13.8. The molecule has 31 heavy (non-hydrogen) atoms. The Kier molecular flexibility index (Phi) is 6.03. The number of nitrogens with zero attached hydrogens (tertiary/aromatic N) is 1. The number of nitrogens with one attached hydrogen (secondary N) is 1. The fourth-order valence-corrected chi connectivity index (χ4v) is 3.81. The normalized spacial score (nSPS) is 12.0. The molecule has 0 bridgehead atoms. The van der Waals surface area contributed by atoms with Crippen molar-refractivity contribution < 1.29 is 13.9 Å². The van der Waals surface area contributed by atoms with Gasteiger partial charge in [-0.2, -0.15) is 0 Å². The molecule has 5 heteroatoms. The first-order valence-corrected chi connectivity index (χ1v) is 10.4. The third-order valence-electron chi connectivity index (χ3n) is 5.32. The lowest BCUT2D eigenvalue weighted by Crippen LogP contribution is -2.28. The molecule has 4 rings (SSSR count). The molecular weight excluding hydrogens is 391 g/mol. The minimum absolute atomic E-state index is 0.152. The molecule has 0 aliphatic heterocycles. The Morgan fingerprint density at radius 1 is 1.03 bits per heavy atom. The summed E-state index contributed by atoms with van der Waals surface area (Å²) in [5.41, 5.74) is 3.19. The predicted octanol–water partition coefficient (Wildman–Crippen LogP) is 5.72. The summed E-state index contributed by atoms with van der Waals surface area (Å²) < 4.78 is 21.5. The second-order valence-corrected chi connectivity index (χ2v) is 7.47. The molecule has 0 saturated heterocycles. The summed E-state index contributed by atoms with van der Waals surface area (Å²) in [5.74, 6) is 0.238. The van der Waals surface area contributed by atoms with E-state index < -0.39 is 0 Å². The average Bonchev–Trinajstić information content (AvgIpc) is 3.14. The highest BCUT2D eigenvalue weighted by atomic mass is 19.1. The third kappa shape index (κ3) is 4.45. The Bertz CT molecular complexity index is 1200. The standard InChI is InChI=1S/C26H25FN2O2/c1-3-31-25-14-8-13-23-22(25)16-24(29(23)17-19-9-7-12-21(27)15-19)26(30)28-18(2)20-10-5-4-6-11-20/h4-16,18H,3,17H2,1-2H3,(H,28,30)/t18-/m1/s1. The predicted molar refractivity (Wildman–Crippen MR) is 121 cm³/mol. The number of hydrogen-bond donors (Lipinski definition) is 1. The number of carbonyl (C=O) groups is 1. The van der Waals surface area contributed by atoms with Crippen LogP contribution in [0.5, 0.6) is 5.75 Å². The van der Waals surface area contributed by atoms with Crippen molar-refractivity contribution in [1.82, 2.24) is 9.88 Å². The minimum Gasteiger partial charge on any atom is -0.493 e. The molecule has 1 aromatic heterocycles. The Morgan fingerprint density at radius 3 is 2.55 bits per heavy atom. The molecule has 4 aromatic rings. The lowest BCUT2D eigenvalue weighted by Gasteiger charge is -2.16. The first kappa shape index (κ1) is 20.7. The molecule has 0 aliphatic carbocycles. The van der Waals surface area contributed by atoms with Crippen LogP contribution in [0.25, 0.3) is 10.9 Å². The quantitative estimate of drug-likeness (QED) is 0.419. The zero-order valence-corrected chi connectivity index (χ0v) is 17.6. The zero-order valence-electron chi connectivity index (χ0n) is 17.6. The van der Waals surface area contributed by atoms with E-state index in [2.05, 4.69) is 5.32 Å². The fraction of sp³-hybridized carbons (Fsp3) is 0.192. The van der Waals surface area contributed by atoms with Gasteiger partial charge < -0.3 is 14.6 Å². The smallest absolute Gasteiger partial charge is 0.268 e. The summed E-state index contributed by atoms with van der Waals surface area (Å²) in [5, 5.41) is 3.95. The van der Waals surface area contributed by atoms with Gasteiger partial charge in [0.05, 0.1) is 18.2 Å². The van der Waals surface area contributed by atoms with Crippen LogP contribution in [-0.2, 0) is 6.54 Å². The summed E-state index contributed by atoms with van der Waals surface area (Å²) >= 11 is 0. The molecule has 1 heterocycles. The number of rotatable bonds is 7. The van der Waals surface area contributed by atoms with Crippen molar-refractivity contribution in [1.29, 1.82) is 0 Å². The first-order valence-electron chi connectivity index (χ1n) is 10.4. The van der Waals surface area contributed by atoms with Gasteiger partial charge in [0.15, 0.2) is 0 Å². The molecule has 0 unspecified atom stereocenters. The SMILES string of the molecule is CCOc1cccc2c1cc(C(=O)N[C@H](C)c1ccccc1)n2Cc1cccc(F)c1. The Balaban J connectivity index is 1.75. The van der Waals surface area contributed by atoms with E-state index in [0.29, 0.717) is 18.8 Å². The molecular formula is C26H25FN2O2. The highest BCUT2D eigenvalue weighted by Crippen LogP contribution is 2.30. The van der Waals surface area contributed by atoms with Crippen molar-refractivity contribution in [3.8, 4) is 5.75 Å². The molecule has 0 radical (unpaired) electrons. The molecule has 0 saturated carbocycles. The van der Waals surface area contributed by atoms with Gasteiger partial charge in [0.1, 0.15) is 17.3 Å². The van der Waals surface area contributed by atoms with Gasteiger partial charge in [-0.05, 0) is 55.3 Å². The number of amides is 1. The van der Waals surface area contributed by atoms with E-state index in [4.69, 9.17) is 4.74 Å². The van der Waals surface area contributed by atoms with Crippen molar-refractivity contribution in [2.45, 2.75) is 26.4 Å². The lowest BCUT2D eigenvalue weighted by molar-refractivity contribution is 0.0931. The van der Waals surface area contributed by atoms with Crippen molar-refractivity contribution in [2.24, 2.45) is 0 Å². The van der Waals surface area contributed by atoms with Crippen molar-refractivity contribution in [3.63, 3.8) is 0 Å². The average molecular weight is 416 g/mol. The number of hydrogen-bond acceptors (Lipinski definition) is 2. The Morgan fingerprint density at radius 2 is 1.81 bits per heavy atom. The number of carbonyl (C=O) groups excluding carboxylic acids is 1. The van der Waals surface area contributed by atoms with Crippen LogP contribution in [0.15, 0.2) is 78.9 Å². The van der Waals surface area contributed by atoms with E-state index in [9.17, 15) is 9.18 Å². The van der Waals surface area contributed by atoms with E-state index >= 15 is 0 Å². The number of aromatic nitrogens is 1. The number of ether oxygens (including phenoxy) is 1. The molecule has 0 aliphatic rings. The van der Waals surface area contributed by atoms with Crippen molar-refractivity contribution in [3.05, 3.63) is 102 Å². The molecule has 4 nitrogen and oxygen atoms in total. The zero-order chi connectivity index (χ0) is 21.8. The fourth-order valence-electron chi connectivity index (χ4n) is 3.81. The van der Waals surface area contributed by atoms with Crippen LogP contribution in [0, 0.1) is 5.82 Å². The van der Waals surface area contributed by atoms with Crippen LogP contribution in [0.1, 0.15) is 41.5 Å². The highest BCUT2D eigenvalue weighted by molar-refractivity contribution is 6.00. The van der Waals surface area contributed by atoms with Crippen LogP contribution in [0.3, 0.4) is 0 Å². The lowest BCUT2D eigenvalue weighted by atomic mass is 10.1. The molecule has 1 amide bonds. The summed E-state index contributed by atoms with van der Waals surface area (Å²) in [6, 6.07) is 23.7. The van der Waals surface area contributed by atoms with E-state index in [1.54, 1.807) is 6.07 Å². The molecule has 0 fully saturated rings. The van der Waals surface area contributed by atoms with Gasteiger partial charge in [-0.3, -0.25) is 4.79 Å². The van der Waals surface area contributed by atoms with Crippen LogP contribution in [0.4, 0.5) is 4.39 Å². The van der Waals surface area contributed by atoms with Crippen LogP contribution in [0.2, 0.25) is 0 Å².